The molecule has 5 nitrogen and oxygen atoms in total. The average Bonchev–Trinajstić information content (AvgIpc) is 2.90. The Hall–Kier alpha value is -1.56. The van der Waals surface area contributed by atoms with Crippen LogP contribution in [0, 0.1) is 0 Å². The lowest BCUT2D eigenvalue weighted by Crippen LogP contribution is -2.75. The van der Waals surface area contributed by atoms with Crippen molar-refractivity contribution in [1.29, 1.82) is 0 Å². The van der Waals surface area contributed by atoms with Gasteiger partial charge in [-0.15, -0.1) is 0 Å². The molecular weight excluding hydrogens is 294 g/mol. The van der Waals surface area contributed by atoms with Crippen LogP contribution in [-0.2, 0) is 11.8 Å². The molecule has 1 fully saturated rings. The zero-order valence-electron chi connectivity index (χ0n) is 13.3. The first-order chi connectivity index (χ1) is 11.0. The van der Waals surface area contributed by atoms with Crippen molar-refractivity contribution in [2.24, 2.45) is 0 Å². The van der Waals surface area contributed by atoms with Gasteiger partial charge in [0.2, 0.25) is 0 Å². The van der Waals surface area contributed by atoms with E-state index in [1.165, 1.54) is 5.56 Å². The molecule has 0 saturated carbocycles. The van der Waals surface area contributed by atoms with Gasteiger partial charge in [-0.1, -0.05) is 18.2 Å². The van der Waals surface area contributed by atoms with Crippen LogP contribution in [0.5, 0.6) is 11.5 Å². The number of ether oxygens (including phenoxy) is 2. The highest BCUT2D eigenvalue weighted by Crippen LogP contribution is 2.63. The van der Waals surface area contributed by atoms with Crippen molar-refractivity contribution in [1.82, 2.24) is 4.90 Å². The van der Waals surface area contributed by atoms with Gasteiger partial charge >= 0.3 is 0 Å². The fourth-order valence-electron chi connectivity index (χ4n) is 5.44. The van der Waals surface area contributed by atoms with Crippen molar-refractivity contribution in [3.8, 4) is 11.5 Å². The molecule has 2 aliphatic carbocycles. The largest absolute Gasteiger partial charge is 0.493 e. The van der Waals surface area contributed by atoms with Crippen LogP contribution in [0.4, 0.5) is 0 Å². The second kappa shape index (κ2) is 4.09. The third-order valence-corrected chi connectivity index (χ3v) is 6.49. The highest BCUT2D eigenvalue weighted by Gasteiger charge is 2.71. The molecule has 2 bridgehead atoms. The predicted molar refractivity (Wildman–Crippen MR) is 83.9 cm³/mol. The van der Waals surface area contributed by atoms with Gasteiger partial charge in [-0.2, -0.15) is 0 Å². The molecule has 1 spiro atoms. The third-order valence-electron chi connectivity index (χ3n) is 6.49. The van der Waals surface area contributed by atoms with Crippen molar-refractivity contribution >= 4 is 0 Å². The summed E-state index contributed by atoms with van der Waals surface area (Å²) in [4.78, 5) is 2.23. The van der Waals surface area contributed by atoms with Crippen LogP contribution in [0.15, 0.2) is 24.3 Å². The summed E-state index contributed by atoms with van der Waals surface area (Å²) in [5.74, 6) is 1.39. The fourth-order valence-corrected chi connectivity index (χ4v) is 5.44. The van der Waals surface area contributed by atoms with E-state index in [-0.39, 0.29) is 6.04 Å². The molecule has 122 valence electrons. The molecule has 2 N–H and O–H groups in total. The summed E-state index contributed by atoms with van der Waals surface area (Å²) in [6.45, 7) is 0.878. The van der Waals surface area contributed by atoms with Crippen molar-refractivity contribution in [3.05, 3.63) is 35.4 Å². The van der Waals surface area contributed by atoms with Gasteiger partial charge in [-0.3, -0.25) is 4.90 Å². The Kier molecular flexibility index (Phi) is 2.46. The van der Waals surface area contributed by atoms with Crippen LogP contribution in [0.25, 0.3) is 0 Å². The zero-order chi connectivity index (χ0) is 16.0. The summed E-state index contributed by atoms with van der Waals surface area (Å²) in [5, 5.41) is 22.3. The molecule has 2 aliphatic heterocycles. The van der Waals surface area contributed by atoms with E-state index >= 15 is 0 Å². The van der Waals surface area contributed by atoms with Crippen LogP contribution < -0.4 is 9.47 Å². The van der Waals surface area contributed by atoms with Crippen molar-refractivity contribution in [3.63, 3.8) is 0 Å². The molecule has 5 atom stereocenters. The summed E-state index contributed by atoms with van der Waals surface area (Å²) >= 11 is 0. The predicted octanol–water partition coefficient (Wildman–Crippen LogP) is 0.616. The second-order valence-electron chi connectivity index (χ2n) is 7.27. The number of rotatable bonds is 1. The minimum Gasteiger partial charge on any atom is -0.493 e. The van der Waals surface area contributed by atoms with E-state index in [0.29, 0.717) is 11.5 Å². The highest BCUT2D eigenvalue weighted by molar-refractivity contribution is 5.64. The minimum atomic E-state index is -1.02. The number of benzene rings is 1. The Bertz CT molecular complexity index is 732. The number of aliphatic hydroxyl groups is 2. The smallest absolute Gasteiger partial charge is 0.166 e. The molecule has 1 saturated heterocycles. The maximum Gasteiger partial charge on any atom is 0.166 e. The number of hydrogen-bond acceptors (Lipinski definition) is 5. The monoisotopic (exact) mass is 315 g/mol. The molecule has 1 aromatic rings. The molecule has 0 amide bonds. The minimum absolute atomic E-state index is 0.00190. The quantitative estimate of drug-likeness (QED) is 0.744. The standard InChI is InChI=1S/C18H21NO4/c1-19-8-7-17-14-10-3-4-12(22-2)15(14)23-16(17)11(20)5-6-18(17,21)13(19)9-10/h3-6,11,13,16,20-21H,7-9H2,1-2H3/t11-,13-,16+,17+,18-/m1/s1. The number of hydrogen-bond donors (Lipinski definition) is 2. The summed E-state index contributed by atoms with van der Waals surface area (Å²) in [5.41, 5.74) is 0.647. The van der Waals surface area contributed by atoms with E-state index in [0.717, 1.165) is 24.9 Å². The number of likely N-dealkylation sites (tertiary alicyclic amines) is 1. The number of nitrogens with zero attached hydrogens (tertiary/aromatic N) is 1. The van der Waals surface area contributed by atoms with E-state index in [1.807, 2.05) is 12.1 Å². The first kappa shape index (κ1) is 13.8. The summed E-state index contributed by atoms with van der Waals surface area (Å²) in [6, 6.07) is 4.02. The molecule has 2 heterocycles. The van der Waals surface area contributed by atoms with Gasteiger partial charge in [0.25, 0.3) is 0 Å². The van der Waals surface area contributed by atoms with Gasteiger partial charge in [0.15, 0.2) is 11.5 Å². The zero-order valence-corrected chi connectivity index (χ0v) is 13.3. The molecule has 1 aromatic carbocycles. The number of likely N-dealkylation sites (N-methyl/N-ethyl adjacent to an activating group) is 1. The van der Waals surface area contributed by atoms with E-state index in [1.54, 1.807) is 13.2 Å². The van der Waals surface area contributed by atoms with Crippen LogP contribution in [0.3, 0.4) is 0 Å². The van der Waals surface area contributed by atoms with Crippen LogP contribution in [0.2, 0.25) is 0 Å². The van der Waals surface area contributed by atoms with Crippen LogP contribution in [0.1, 0.15) is 17.5 Å². The molecule has 5 rings (SSSR count). The van der Waals surface area contributed by atoms with Crippen LogP contribution >= 0.6 is 0 Å². The van der Waals surface area contributed by atoms with Gasteiger partial charge < -0.3 is 19.7 Å². The van der Waals surface area contributed by atoms with Gasteiger partial charge in [-0.25, -0.2) is 0 Å². The molecule has 0 aromatic heterocycles. The average molecular weight is 315 g/mol. The maximum absolute atomic E-state index is 11.7. The molecule has 0 unspecified atom stereocenters. The Balaban J connectivity index is 1.87. The Morgan fingerprint density at radius 1 is 1.39 bits per heavy atom. The summed E-state index contributed by atoms with van der Waals surface area (Å²) < 4.78 is 11.7. The molecule has 5 heteroatoms. The van der Waals surface area contributed by atoms with E-state index in [4.69, 9.17) is 9.47 Å². The lowest BCUT2D eigenvalue weighted by molar-refractivity contribution is -0.151. The molecule has 0 radical (unpaired) electrons. The van der Waals surface area contributed by atoms with E-state index in [2.05, 4.69) is 18.0 Å². The topological polar surface area (TPSA) is 62.2 Å². The molecule has 4 aliphatic rings. The third kappa shape index (κ3) is 1.32. The van der Waals surface area contributed by atoms with E-state index < -0.39 is 23.2 Å². The van der Waals surface area contributed by atoms with Crippen LogP contribution in [-0.4, -0.2) is 59.7 Å². The van der Waals surface area contributed by atoms with Crippen molar-refractivity contribution < 1.29 is 19.7 Å². The first-order valence-corrected chi connectivity index (χ1v) is 8.20. The van der Waals surface area contributed by atoms with Crippen molar-refractivity contribution in [2.45, 2.75) is 42.1 Å². The lowest BCUT2D eigenvalue weighted by atomic mass is 9.50. The second-order valence-corrected chi connectivity index (χ2v) is 7.27. The summed E-state index contributed by atoms with van der Waals surface area (Å²) in [7, 11) is 3.69. The molecule has 23 heavy (non-hydrogen) atoms. The highest BCUT2D eigenvalue weighted by atomic mass is 16.5. The number of piperidine rings is 1. The Morgan fingerprint density at radius 2 is 2.22 bits per heavy atom. The van der Waals surface area contributed by atoms with Gasteiger partial charge in [0, 0.05) is 11.6 Å². The first-order valence-electron chi connectivity index (χ1n) is 8.20. The van der Waals surface area contributed by atoms with Gasteiger partial charge in [0.1, 0.15) is 17.8 Å². The lowest BCUT2D eigenvalue weighted by Gasteiger charge is -2.61. The normalized spacial score (nSPS) is 43.0. The fraction of sp³-hybridized carbons (Fsp3) is 0.556. The van der Waals surface area contributed by atoms with Crippen molar-refractivity contribution in [2.75, 3.05) is 20.7 Å². The summed E-state index contributed by atoms with van der Waals surface area (Å²) in [6.07, 6.45) is 3.86. The number of methoxy groups -OCH3 is 1. The number of aliphatic hydroxyl groups excluding tert-OH is 1. The van der Waals surface area contributed by atoms with Gasteiger partial charge in [0.05, 0.1) is 12.5 Å². The maximum atomic E-state index is 11.7. The molecular formula is C18H21NO4. The van der Waals surface area contributed by atoms with Gasteiger partial charge in [-0.05, 0) is 38.1 Å². The Labute approximate surface area is 135 Å². The Morgan fingerprint density at radius 3 is 3.00 bits per heavy atom. The SMILES string of the molecule is COc1ccc2c3c1O[C@H]1[C@H](O)C=C[C@@]4(O)[C@@H](C2)N(C)CC[C@]314. The van der Waals surface area contributed by atoms with E-state index in [9.17, 15) is 10.2 Å².